The maximum atomic E-state index is 12.9. The van der Waals surface area contributed by atoms with Gasteiger partial charge in [0, 0.05) is 30.8 Å². The summed E-state index contributed by atoms with van der Waals surface area (Å²) in [7, 11) is 2.65. The molecule has 9 nitrogen and oxygen atoms in total. The van der Waals surface area contributed by atoms with Crippen molar-refractivity contribution < 1.29 is 29.1 Å². The van der Waals surface area contributed by atoms with Crippen molar-refractivity contribution in [3.63, 3.8) is 0 Å². The first kappa shape index (κ1) is 24.9. The van der Waals surface area contributed by atoms with Crippen molar-refractivity contribution in [3.05, 3.63) is 70.8 Å². The van der Waals surface area contributed by atoms with Crippen LogP contribution in [0.2, 0.25) is 0 Å². The summed E-state index contributed by atoms with van der Waals surface area (Å²) in [6.45, 7) is 3.07. The van der Waals surface area contributed by atoms with Gasteiger partial charge in [0.2, 0.25) is 0 Å². The average molecular weight is 466 g/mol. The summed E-state index contributed by atoms with van der Waals surface area (Å²) in [5, 5.41) is 11.4. The zero-order valence-corrected chi connectivity index (χ0v) is 19.3. The number of amides is 3. The molecule has 0 aromatic heterocycles. The third-order valence-electron chi connectivity index (χ3n) is 5.72. The molecular weight excluding hydrogens is 438 g/mol. The molecule has 1 aliphatic rings. The molecule has 1 aliphatic heterocycles. The van der Waals surface area contributed by atoms with E-state index in [2.05, 4.69) is 17.2 Å². The highest BCUT2D eigenvalue weighted by Crippen LogP contribution is 2.18. The third kappa shape index (κ3) is 5.43. The first-order valence-corrected chi connectivity index (χ1v) is 10.6. The predicted molar refractivity (Wildman–Crippen MR) is 123 cm³/mol. The molecule has 1 unspecified atom stereocenters. The second kappa shape index (κ2) is 10.9. The van der Waals surface area contributed by atoms with Gasteiger partial charge in [0.25, 0.3) is 17.7 Å². The normalized spacial score (nSPS) is 14.6. The van der Waals surface area contributed by atoms with Crippen LogP contribution in [0.15, 0.2) is 48.5 Å². The number of rotatable bonds is 7. The second-order valence-corrected chi connectivity index (χ2v) is 7.95. The molecule has 9 heteroatoms. The van der Waals surface area contributed by atoms with Crippen LogP contribution >= 0.6 is 0 Å². The van der Waals surface area contributed by atoms with E-state index in [1.807, 2.05) is 24.3 Å². The van der Waals surface area contributed by atoms with E-state index < -0.39 is 23.3 Å². The zero-order chi connectivity index (χ0) is 24.7. The Labute approximate surface area is 198 Å². The van der Waals surface area contributed by atoms with Crippen molar-refractivity contribution in [2.75, 3.05) is 27.3 Å². The lowest BCUT2D eigenvalue weighted by Gasteiger charge is -2.34. The molecule has 34 heavy (non-hydrogen) atoms. The summed E-state index contributed by atoms with van der Waals surface area (Å²) in [6, 6.07) is 14.3. The van der Waals surface area contributed by atoms with Crippen molar-refractivity contribution in [1.29, 1.82) is 0 Å². The highest BCUT2D eigenvalue weighted by molar-refractivity contribution is 6.12. The van der Waals surface area contributed by atoms with Crippen LogP contribution in [0.1, 0.15) is 34.0 Å². The minimum absolute atomic E-state index is 0.179. The number of hydroxylamine groups is 1. The third-order valence-corrected chi connectivity index (χ3v) is 5.72. The number of benzene rings is 2. The first-order chi connectivity index (χ1) is 16.3. The van der Waals surface area contributed by atoms with Crippen LogP contribution in [0.25, 0.3) is 0 Å². The Kier molecular flexibility index (Phi) is 8.02. The minimum Gasteiger partial charge on any atom is -0.376 e. The predicted octanol–water partition coefficient (Wildman–Crippen LogP) is 1.08. The number of ether oxygens (including phenoxy) is 2. The van der Waals surface area contributed by atoms with E-state index in [-0.39, 0.29) is 11.7 Å². The number of nitrogens with one attached hydrogen (secondary N) is 2. The van der Waals surface area contributed by atoms with Crippen LogP contribution in [0.3, 0.4) is 0 Å². The van der Waals surface area contributed by atoms with Crippen molar-refractivity contribution in [3.8, 4) is 11.8 Å². The molecule has 1 fully saturated rings. The molecule has 1 atom stereocenters. The van der Waals surface area contributed by atoms with Crippen LogP contribution in [0.5, 0.6) is 0 Å². The molecule has 0 spiro atoms. The maximum absolute atomic E-state index is 12.9. The van der Waals surface area contributed by atoms with E-state index in [0.717, 1.165) is 16.0 Å². The Balaban J connectivity index is 1.66. The quantitative estimate of drug-likeness (QED) is 0.244. The Morgan fingerprint density at radius 2 is 1.62 bits per heavy atom. The topological polar surface area (TPSA) is 117 Å². The summed E-state index contributed by atoms with van der Waals surface area (Å²) in [6.07, 6.45) is 0.179. The summed E-state index contributed by atoms with van der Waals surface area (Å²) in [4.78, 5) is 38.3. The van der Waals surface area contributed by atoms with Gasteiger partial charge in [-0.1, -0.05) is 24.0 Å². The molecule has 3 rings (SSSR count). The van der Waals surface area contributed by atoms with Crippen molar-refractivity contribution in [2.45, 2.75) is 25.2 Å². The van der Waals surface area contributed by atoms with E-state index in [9.17, 15) is 14.4 Å². The van der Waals surface area contributed by atoms with Gasteiger partial charge in [0.1, 0.15) is 6.10 Å². The fraction of sp³-hybridized carbons (Fsp3) is 0.320. The lowest BCUT2D eigenvalue weighted by atomic mass is 9.96. The van der Waals surface area contributed by atoms with E-state index in [1.165, 1.54) is 26.5 Å². The highest BCUT2D eigenvalue weighted by atomic mass is 16.6. The van der Waals surface area contributed by atoms with Gasteiger partial charge in [0.05, 0.1) is 19.8 Å². The molecular formula is C25H27N3O6. The first-order valence-electron chi connectivity index (χ1n) is 10.6. The Morgan fingerprint density at radius 1 is 1.06 bits per heavy atom. The Bertz CT molecular complexity index is 1080. The molecule has 3 N–H and O–H groups in total. The summed E-state index contributed by atoms with van der Waals surface area (Å²) in [5.74, 6) is 3.78. The molecule has 3 amide bonds. The molecule has 1 saturated heterocycles. The minimum atomic E-state index is -1.94. The standard InChI is InChI=1S/C25H27N3O6/c1-25(23(30)26-2,24(31)27-32)28(3)22(29)20-12-10-18(11-13-20)5-4-17-6-8-19(9-7-17)14-34-21-15-33-16-21/h6-13,21,32H,14-16H2,1-3H3,(H,26,30)(H,27,31). The van der Waals surface area contributed by atoms with Crippen LogP contribution < -0.4 is 10.8 Å². The molecule has 178 valence electrons. The second-order valence-electron chi connectivity index (χ2n) is 7.95. The monoisotopic (exact) mass is 465 g/mol. The van der Waals surface area contributed by atoms with E-state index in [1.54, 1.807) is 24.3 Å². The number of hydrogen-bond acceptors (Lipinski definition) is 6. The Hall–Kier alpha value is -3.71. The van der Waals surface area contributed by atoms with Crippen LogP contribution in [0.4, 0.5) is 0 Å². The zero-order valence-electron chi connectivity index (χ0n) is 19.3. The van der Waals surface area contributed by atoms with Gasteiger partial charge in [-0.3, -0.25) is 19.6 Å². The van der Waals surface area contributed by atoms with Crippen LogP contribution in [0, 0.1) is 11.8 Å². The van der Waals surface area contributed by atoms with E-state index in [0.29, 0.717) is 25.4 Å². The van der Waals surface area contributed by atoms with E-state index >= 15 is 0 Å². The van der Waals surface area contributed by atoms with Gasteiger partial charge >= 0.3 is 0 Å². The number of hydrogen-bond donors (Lipinski definition) is 3. The summed E-state index contributed by atoms with van der Waals surface area (Å²) in [5.41, 5.74) is 2.35. The van der Waals surface area contributed by atoms with Gasteiger partial charge in [-0.15, -0.1) is 0 Å². The van der Waals surface area contributed by atoms with Crippen LogP contribution in [-0.2, 0) is 25.7 Å². The Morgan fingerprint density at radius 3 is 2.09 bits per heavy atom. The largest absolute Gasteiger partial charge is 0.376 e. The summed E-state index contributed by atoms with van der Waals surface area (Å²) < 4.78 is 10.8. The highest BCUT2D eigenvalue weighted by Gasteiger charge is 2.47. The van der Waals surface area contributed by atoms with Gasteiger partial charge in [-0.2, -0.15) is 0 Å². The van der Waals surface area contributed by atoms with Gasteiger partial charge in [-0.05, 0) is 48.9 Å². The molecule has 0 saturated carbocycles. The molecule has 0 bridgehead atoms. The van der Waals surface area contributed by atoms with Gasteiger partial charge in [-0.25, -0.2) is 5.48 Å². The molecule has 1 heterocycles. The average Bonchev–Trinajstić information content (AvgIpc) is 2.85. The molecule has 0 radical (unpaired) electrons. The van der Waals surface area contributed by atoms with E-state index in [4.69, 9.17) is 14.7 Å². The lowest BCUT2D eigenvalue weighted by molar-refractivity contribution is -0.148. The van der Waals surface area contributed by atoms with Gasteiger partial charge < -0.3 is 19.7 Å². The number of likely N-dealkylation sites (N-methyl/N-ethyl adjacent to an activating group) is 2. The number of carbonyl (C=O) groups excluding carboxylic acids is 3. The van der Waals surface area contributed by atoms with Gasteiger partial charge in [0.15, 0.2) is 5.54 Å². The number of carbonyl (C=O) groups is 3. The summed E-state index contributed by atoms with van der Waals surface area (Å²) >= 11 is 0. The number of nitrogens with zero attached hydrogens (tertiary/aromatic N) is 1. The SMILES string of the molecule is CNC(=O)C(C)(C(=O)NO)N(C)C(=O)c1ccc(C#Cc2ccc(COC3COC3)cc2)cc1. The lowest BCUT2D eigenvalue weighted by Crippen LogP contribution is -2.64. The maximum Gasteiger partial charge on any atom is 0.278 e. The molecule has 0 aliphatic carbocycles. The smallest absolute Gasteiger partial charge is 0.278 e. The fourth-order valence-corrected chi connectivity index (χ4v) is 3.21. The fourth-order valence-electron chi connectivity index (χ4n) is 3.21. The molecule has 2 aromatic carbocycles. The van der Waals surface area contributed by atoms with Crippen molar-refractivity contribution in [2.24, 2.45) is 0 Å². The van der Waals surface area contributed by atoms with Crippen molar-refractivity contribution >= 4 is 17.7 Å². The molecule has 2 aromatic rings. The van der Waals surface area contributed by atoms with Crippen molar-refractivity contribution in [1.82, 2.24) is 15.7 Å². The van der Waals surface area contributed by atoms with Crippen LogP contribution in [-0.4, -0.2) is 66.8 Å².